The van der Waals surface area contributed by atoms with Crippen molar-refractivity contribution in [2.24, 2.45) is 17.8 Å². The smallest absolute Gasteiger partial charge is 0.334 e. The Morgan fingerprint density at radius 3 is 2.57 bits per heavy atom. The molecule has 1 heterocycles. The van der Waals surface area contributed by atoms with E-state index in [1.807, 2.05) is 6.92 Å². The van der Waals surface area contributed by atoms with E-state index in [0.717, 1.165) is 5.57 Å². The van der Waals surface area contributed by atoms with Crippen LogP contribution in [0.1, 0.15) is 25.3 Å². The van der Waals surface area contributed by atoms with E-state index in [1.165, 1.54) is 12.1 Å². The molecule has 7 heteroatoms. The van der Waals surface area contributed by atoms with Crippen molar-refractivity contribution in [3.8, 4) is 5.75 Å². The molecule has 4 rings (SSSR count). The zero-order valence-electron chi connectivity index (χ0n) is 16.7. The molecular formula is C23H24O7. The molecule has 1 aromatic carbocycles. The molecule has 2 aliphatic carbocycles. The topological polar surface area (TPSA) is 110 Å². The number of Topliss-reactive ketones (excluding diaryl/α,β-unsaturated/α-hetero) is 1. The van der Waals surface area contributed by atoms with E-state index in [4.69, 9.17) is 9.47 Å². The van der Waals surface area contributed by atoms with Crippen LogP contribution in [-0.4, -0.2) is 46.7 Å². The number of aliphatic hydroxyl groups excluding tert-OH is 1. The van der Waals surface area contributed by atoms with Gasteiger partial charge in [0.25, 0.3) is 0 Å². The fourth-order valence-corrected chi connectivity index (χ4v) is 5.01. The second kappa shape index (κ2) is 7.72. The first-order valence-corrected chi connectivity index (χ1v) is 10.0. The molecule has 0 aromatic heterocycles. The first-order valence-electron chi connectivity index (χ1n) is 10.0. The second-order valence-corrected chi connectivity index (χ2v) is 8.29. The Labute approximate surface area is 174 Å². The quantitative estimate of drug-likeness (QED) is 0.574. The number of esters is 2. The Balaban J connectivity index is 1.62. The lowest BCUT2D eigenvalue weighted by atomic mass is 9.80. The largest absolute Gasteiger partial charge is 0.508 e. The molecule has 0 spiro atoms. The number of ketones is 1. The van der Waals surface area contributed by atoms with E-state index in [1.54, 1.807) is 12.1 Å². The maximum absolute atomic E-state index is 12.6. The van der Waals surface area contributed by atoms with E-state index in [9.17, 15) is 24.6 Å². The summed E-state index contributed by atoms with van der Waals surface area (Å²) in [7, 11) is 0. The minimum absolute atomic E-state index is 0.00664. The van der Waals surface area contributed by atoms with Crippen molar-refractivity contribution < 1.29 is 34.1 Å². The van der Waals surface area contributed by atoms with Crippen molar-refractivity contribution in [3.05, 3.63) is 53.1 Å². The number of aromatic hydroxyl groups is 1. The molecule has 1 saturated heterocycles. The molecule has 0 amide bonds. The first-order chi connectivity index (χ1) is 14.3. The molecule has 7 nitrogen and oxygen atoms in total. The van der Waals surface area contributed by atoms with Crippen LogP contribution in [0.5, 0.6) is 5.75 Å². The molecule has 3 aliphatic rings. The van der Waals surface area contributed by atoms with Gasteiger partial charge in [0.2, 0.25) is 0 Å². The van der Waals surface area contributed by atoms with Gasteiger partial charge in [0.05, 0.1) is 12.3 Å². The molecule has 2 N–H and O–H groups in total. The Morgan fingerprint density at radius 2 is 1.90 bits per heavy atom. The van der Waals surface area contributed by atoms with Gasteiger partial charge in [-0.05, 0) is 30.5 Å². The van der Waals surface area contributed by atoms with Gasteiger partial charge >= 0.3 is 11.9 Å². The molecule has 0 unspecified atom stereocenters. The monoisotopic (exact) mass is 412 g/mol. The number of hydrogen-bond donors (Lipinski definition) is 2. The Hall–Kier alpha value is -2.93. The Bertz CT molecular complexity index is 943. The highest BCUT2D eigenvalue weighted by atomic mass is 16.6. The van der Waals surface area contributed by atoms with E-state index >= 15 is 0 Å². The van der Waals surface area contributed by atoms with Crippen molar-refractivity contribution >= 4 is 17.7 Å². The molecule has 158 valence electrons. The van der Waals surface area contributed by atoms with Gasteiger partial charge in [-0.3, -0.25) is 9.59 Å². The van der Waals surface area contributed by atoms with Crippen LogP contribution in [0.4, 0.5) is 0 Å². The summed E-state index contributed by atoms with van der Waals surface area (Å²) in [6, 6.07) is 6.25. The third kappa shape index (κ3) is 3.43. The molecular weight excluding hydrogens is 388 g/mol. The van der Waals surface area contributed by atoms with Gasteiger partial charge in [-0.25, -0.2) is 4.79 Å². The van der Waals surface area contributed by atoms with Crippen LogP contribution in [-0.2, 0) is 30.3 Å². The summed E-state index contributed by atoms with van der Waals surface area (Å²) < 4.78 is 11.4. The maximum atomic E-state index is 12.6. The summed E-state index contributed by atoms with van der Waals surface area (Å²) in [6.07, 6.45) is -0.858. The van der Waals surface area contributed by atoms with Gasteiger partial charge in [0.15, 0.2) is 5.78 Å². The fourth-order valence-electron chi connectivity index (χ4n) is 5.01. The summed E-state index contributed by atoms with van der Waals surface area (Å²) in [5, 5.41) is 19.2. The number of hydrogen-bond acceptors (Lipinski definition) is 7. The molecule has 0 radical (unpaired) electrons. The molecule has 30 heavy (non-hydrogen) atoms. The van der Waals surface area contributed by atoms with Crippen molar-refractivity contribution in [1.82, 2.24) is 0 Å². The number of aliphatic hydroxyl groups is 1. The standard InChI is InChI=1S/C23H24O7/c1-11-7-17(29-18(27)8-13-3-5-15(25)6-4-13)20-12(2)23(28)30-22(20)21-14(10-24)9-16(26)19(11)21/h3-6,14,17,20-22,24-25H,2,7-10H2,1H3/t14-,17-,20+,21-,22-/m0/s1. The van der Waals surface area contributed by atoms with Crippen LogP contribution in [0, 0.1) is 17.8 Å². The van der Waals surface area contributed by atoms with E-state index < -0.39 is 36.0 Å². The second-order valence-electron chi connectivity index (χ2n) is 8.29. The Kier molecular flexibility index (Phi) is 5.24. The lowest BCUT2D eigenvalue weighted by Crippen LogP contribution is -2.38. The van der Waals surface area contributed by atoms with Crippen LogP contribution in [0.15, 0.2) is 47.6 Å². The predicted molar refractivity (Wildman–Crippen MR) is 105 cm³/mol. The van der Waals surface area contributed by atoms with Crippen LogP contribution < -0.4 is 0 Å². The lowest BCUT2D eigenvalue weighted by molar-refractivity contribution is -0.152. The minimum Gasteiger partial charge on any atom is -0.508 e. The van der Waals surface area contributed by atoms with Crippen LogP contribution in [0.25, 0.3) is 0 Å². The zero-order chi connectivity index (χ0) is 21.6. The number of phenolic OH excluding ortho intramolecular Hbond substituents is 1. The van der Waals surface area contributed by atoms with Crippen molar-refractivity contribution in [1.29, 1.82) is 0 Å². The van der Waals surface area contributed by atoms with Gasteiger partial charge in [-0.15, -0.1) is 0 Å². The number of phenols is 1. The molecule has 0 bridgehead atoms. The summed E-state index contributed by atoms with van der Waals surface area (Å²) in [4.78, 5) is 37.6. The van der Waals surface area contributed by atoms with Gasteiger partial charge in [0, 0.05) is 36.5 Å². The number of ether oxygens (including phenoxy) is 2. The zero-order valence-corrected chi connectivity index (χ0v) is 16.7. The average Bonchev–Trinajstić information content (AvgIpc) is 3.15. The van der Waals surface area contributed by atoms with Gasteiger partial charge < -0.3 is 19.7 Å². The highest BCUT2D eigenvalue weighted by Crippen LogP contribution is 2.50. The number of benzene rings is 1. The summed E-state index contributed by atoms with van der Waals surface area (Å²) in [5.74, 6) is -2.31. The number of rotatable bonds is 4. The molecule has 1 aromatic rings. The molecule has 1 saturated carbocycles. The number of carbonyl (C=O) groups excluding carboxylic acids is 3. The predicted octanol–water partition coefficient (Wildman–Crippen LogP) is 1.86. The normalized spacial score (nSPS) is 30.6. The summed E-state index contributed by atoms with van der Waals surface area (Å²) >= 11 is 0. The van der Waals surface area contributed by atoms with E-state index in [2.05, 4.69) is 6.58 Å². The maximum Gasteiger partial charge on any atom is 0.334 e. The minimum atomic E-state index is -0.691. The first kappa shape index (κ1) is 20.3. The van der Waals surface area contributed by atoms with E-state index in [0.29, 0.717) is 17.6 Å². The fraction of sp³-hybridized carbons (Fsp3) is 0.435. The van der Waals surface area contributed by atoms with Gasteiger partial charge in [-0.2, -0.15) is 0 Å². The highest BCUT2D eigenvalue weighted by Gasteiger charge is 2.56. The van der Waals surface area contributed by atoms with E-state index in [-0.39, 0.29) is 42.5 Å². The Morgan fingerprint density at radius 1 is 1.20 bits per heavy atom. The molecule has 2 fully saturated rings. The van der Waals surface area contributed by atoms with Crippen LogP contribution in [0.2, 0.25) is 0 Å². The number of carbonyl (C=O) groups is 3. The van der Waals surface area contributed by atoms with Gasteiger partial charge in [-0.1, -0.05) is 24.3 Å². The van der Waals surface area contributed by atoms with Crippen molar-refractivity contribution in [3.63, 3.8) is 0 Å². The number of fused-ring (bicyclic) bond motifs is 3. The highest BCUT2D eigenvalue weighted by molar-refractivity contribution is 6.00. The van der Waals surface area contributed by atoms with Crippen LogP contribution in [0.3, 0.4) is 0 Å². The van der Waals surface area contributed by atoms with Gasteiger partial charge in [0.1, 0.15) is 18.0 Å². The SMILES string of the molecule is C=C1C(=O)O[C@@H]2[C@@H]3C(=C(C)C[C@H](OC(=O)Cc4ccc(O)cc4)[C@@H]12)C(=O)C[C@H]3CO. The molecule has 1 aliphatic heterocycles. The molecule has 5 atom stereocenters. The van der Waals surface area contributed by atoms with Crippen molar-refractivity contribution in [2.75, 3.05) is 6.61 Å². The average molecular weight is 412 g/mol. The lowest BCUT2D eigenvalue weighted by Gasteiger charge is -2.29. The summed E-state index contributed by atoms with van der Waals surface area (Å²) in [6.45, 7) is 5.50. The van der Waals surface area contributed by atoms with Crippen LogP contribution >= 0.6 is 0 Å². The summed E-state index contributed by atoms with van der Waals surface area (Å²) in [5.41, 5.74) is 2.29. The third-order valence-electron chi connectivity index (χ3n) is 6.37. The third-order valence-corrected chi connectivity index (χ3v) is 6.37. The van der Waals surface area contributed by atoms with Crippen molar-refractivity contribution in [2.45, 2.75) is 38.4 Å².